The van der Waals surface area contributed by atoms with E-state index in [1.165, 1.54) is 25.7 Å². The lowest BCUT2D eigenvalue weighted by Crippen LogP contribution is -2.38. The zero-order valence-electron chi connectivity index (χ0n) is 12.2. The van der Waals surface area contributed by atoms with Crippen molar-refractivity contribution in [1.29, 1.82) is 0 Å². The van der Waals surface area contributed by atoms with Gasteiger partial charge in [0.15, 0.2) is 0 Å². The summed E-state index contributed by atoms with van der Waals surface area (Å²) in [5, 5.41) is 18.3. The number of hydrogen-bond donors (Lipinski definition) is 2. The fourth-order valence-corrected chi connectivity index (χ4v) is 2.92. The molecule has 116 valence electrons. The SMILES string of the molecule is O=C(O)c1ccccc1OCCN(CCO)C1CCCC1. The Morgan fingerprint density at radius 3 is 2.62 bits per heavy atom. The van der Waals surface area contributed by atoms with Gasteiger partial charge in [-0.15, -0.1) is 0 Å². The second kappa shape index (κ2) is 8.00. The van der Waals surface area contributed by atoms with E-state index in [2.05, 4.69) is 4.90 Å². The van der Waals surface area contributed by atoms with E-state index >= 15 is 0 Å². The first-order valence-corrected chi connectivity index (χ1v) is 7.52. The molecule has 2 rings (SSSR count). The quantitative estimate of drug-likeness (QED) is 0.767. The number of carboxylic acids is 1. The average molecular weight is 293 g/mol. The zero-order chi connectivity index (χ0) is 15.1. The van der Waals surface area contributed by atoms with Crippen LogP contribution in [0.15, 0.2) is 24.3 Å². The number of nitrogens with zero attached hydrogens (tertiary/aromatic N) is 1. The maximum atomic E-state index is 11.1. The summed E-state index contributed by atoms with van der Waals surface area (Å²) < 4.78 is 5.63. The van der Waals surface area contributed by atoms with Gasteiger partial charge in [0.25, 0.3) is 0 Å². The Morgan fingerprint density at radius 2 is 1.95 bits per heavy atom. The standard InChI is InChI=1S/C16H23NO4/c18-11-9-17(13-5-1-2-6-13)10-12-21-15-8-4-3-7-14(15)16(19)20/h3-4,7-8,13,18H,1-2,5-6,9-12H2,(H,19,20). The van der Waals surface area contributed by atoms with Crippen molar-refractivity contribution in [3.8, 4) is 5.75 Å². The van der Waals surface area contributed by atoms with Gasteiger partial charge in [0.05, 0.1) is 6.61 Å². The lowest BCUT2D eigenvalue weighted by Gasteiger charge is -2.28. The number of rotatable bonds is 8. The molecular formula is C16H23NO4. The van der Waals surface area contributed by atoms with E-state index in [0.29, 0.717) is 31.5 Å². The highest BCUT2D eigenvalue weighted by atomic mass is 16.5. The van der Waals surface area contributed by atoms with Gasteiger partial charge in [-0.2, -0.15) is 0 Å². The molecule has 0 atom stereocenters. The summed E-state index contributed by atoms with van der Waals surface area (Å²) >= 11 is 0. The molecule has 1 aliphatic carbocycles. The first kappa shape index (κ1) is 15.8. The van der Waals surface area contributed by atoms with E-state index in [-0.39, 0.29) is 12.2 Å². The molecule has 0 aromatic heterocycles. The molecule has 0 spiro atoms. The molecule has 1 aromatic carbocycles. The Kier molecular flexibility index (Phi) is 6.02. The summed E-state index contributed by atoms with van der Waals surface area (Å²) in [7, 11) is 0. The van der Waals surface area contributed by atoms with Gasteiger partial charge < -0.3 is 14.9 Å². The minimum atomic E-state index is -0.978. The van der Waals surface area contributed by atoms with Gasteiger partial charge in [0.2, 0.25) is 0 Å². The minimum Gasteiger partial charge on any atom is -0.491 e. The van der Waals surface area contributed by atoms with Gasteiger partial charge >= 0.3 is 5.97 Å². The van der Waals surface area contributed by atoms with E-state index in [0.717, 1.165) is 0 Å². The first-order chi connectivity index (χ1) is 10.2. The number of carboxylic acid groups (broad SMARTS) is 1. The van der Waals surface area contributed by atoms with Crippen LogP contribution in [0.1, 0.15) is 36.0 Å². The van der Waals surface area contributed by atoms with Crippen LogP contribution in [0.3, 0.4) is 0 Å². The number of carbonyl (C=O) groups is 1. The normalized spacial score (nSPS) is 15.5. The number of ether oxygens (including phenoxy) is 1. The lowest BCUT2D eigenvalue weighted by atomic mass is 10.2. The van der Waals surface area contributed by atoms with Crippen LogP contribution in [0.2, 0.25) is 0 Å². The summed E-state index contributed by atoms with van der Waals surface area (Å²) in [6.07, 6.45) is 4.84. The van der Waals surface area contributed by atoms with Gasteiger partial charge in [-0.3, -0.25) is 4.90 Å². The fourth-order valence-electron chi connectivity index (χ4n) is 2.92. The molecule has 1 fully saturated rings. The van der Waals surface area contributed by atoms with Gasteiger partial charge in [0, 0.05) is 19.1 Å². The molecule has 0 heterocycles. The van der Waals surface area contributed by atoms with Gasteiger partial charge in [-0.1, -0.05) is 25.0 Å². The van der Waals surface area contributed by atoms with E-state index in [9.17, 15) is 9.90 Å². The van der Waals surface area contributed by atoms with Crippen molar-refractivity contribution >= 4 is 5.97 Å². The van der Waals surface area contributed by atoms with Crippen LogP contribution in [0.25, 0.3) is 0 Å². The van der Waals surface area contributed by atoms with Crippen LogP contribution in [0.5, 0.6) is 5.75 Å². The van der Waals surface area contributed by atoms with Crippen LogP contribution in [-0.2, 0) is 0 Å². The largest absolute Gasteiger partial charge is 0.491 e. The van der Waals surface area contributed by atoms with Crippen LogP contribution in [0, 0.1) is 0 Å². The maximum absolute atomic E-state index is 11.1. The Labute approximate surface area is 125 Å². The fraction of sp³-hybridized carbons (Fsp3) is 0.562. The number of hydrogen-bond acceptors (Lipinski definition) is 4. The molecule has 1 aliphatic rings. The number of benzene rings is 1. The Bertz CT molecular complexity index is 457. The maximum Gasteiger partial charge on any atom is 0.339 e. The molecule has 0 aliphatic heterocycles. The highest BCUT2D eigenvalue weighted by Crippen LogP contribution is 2.23. The number of para-hydroxylation sites is 1. The molecule has 2 N–H and O–H groups in total. The summed E-state index contributed by atoms with van der Waals surface area (Å²) in [5.41, 5.74) is 0.187. The lowest BCUT2D eigenvalue weighted by molar-refractivity contribution is 0.0690. The molecule has 0 bridgehead atoms. The zero-order valence-corrected chi connectivity index (χ0v) is 12.2. The molecule has 0 unspecified atom stereocenters. The van der Waals surface area contributed by atoms with E-state index in [1.54, 1.807) is 24.3 Å². The van der Waals surface area contributed by atoms with E-state index in [1.807, 2.05) is 0 Å². The number of aliphatic hydroxyl groups is 1. The van der Waals surface area contributed by atoms with Crippen molar-refractivity contribution in [3.05, 3.63) is 29.8 Å². The molecule has 5 nitrogen and oxygen atoms in total. The van der Waals surface area contributed by atoms with Gasteiger partial charge in [-0.05, 0) is 25.0 Å². The van der Waals surface area contributed by atoms with Crippen LogP contribution >= 0.6 is 0 Å². The van der Waals surface area contributed by atoms with Crippen molar-refractivity contribution in [2.24, 2.45) is 0 Å². The summed E-state index contributed by atoms with van der Waals surface area (Å²) in [6, 6.07) is 7.20. The molecular weight excluding hydrogens is 270 g/mol. The summed E-state index contributed by atoms with van der Waals surface area (Å²) in [6.45, 7) is 1.93. The Morgan fingerprint density at radius 1 is 1.24 bits per heavy atom. The highest BCUT2D eigenvalue weighted by molar-refractivity contribution is 5.90. The van der Waals surface area contributed by atoms with Crippen molar-refractivity contribution in [2.75, 3.05) is 26.3 Å². The molecule has 0 radical (unpaired) electrons. The third-order valence-corrected chi connectivity index (χ3v) is 3.98. The predicted molar refractivity (Wildman–Crippen MR) is 79.8 cm³/mol. The van der Waals surface area contributed by atoms with Crippen molar-refractivity contribution < 1.29 is 19.7 Å². The van der Waals surface area contributed by atoms with E-state index in [4.69, 9.17) is 9.84 Å². The third-order valence-electron chi connectivity index (χ3n) is 3.98. The van der Waals surface area contributed by atoms with Crippen LogP contribution in [-0.4, -0.2) is 53.4 Å². The highest BCUT2D eigenvalue weighted by Gasteiger charge is 2.22. The van der Waals surface area contributed by atoms with Gasteiger partial charge in [0.1, 0.15) is 17.9 Å². The van der Waals surface area contributed by atoms with Crippen molar-refractivity contribution in [3.63, 3.8) is 0 Å². The molecule has 1 aromatic rings. The monoisotopic (exact) mass is 293 g/mol. The Balaban J connectivity index is 1.88. The smallest absolute Gasteiger partial charge is 0.339 e. The number of aromatic carboxylic acids is 1. The first-order valence-electron chi connectivity index (χ1n) is 7.52. The topological polar surface area (TPSA) is 70.0 Å². The van der Waals surface area contributed by atoms with Gasteiger partial charge in [-0.25, -0.2) is 4.79 Å². The summed E-state index contributed by atoms with van der Waals surface area (Å²) in [5.74, 6) is -0.575. The van der Waals surface area contributed by atoms with E-state index < -0.39 is 5.97 Å². The second-order valence-electron chi connectivity index (χ2n) is 5.35. The second-order valence-corrected chi connectivity index (χ2v) is 5.35. The van der Waals surface area contributed by atoms with Crippen LogP contribution in [0.4, 0.5) is 0 Å². The predicted octanol–water partition coefficient (Wildman–Crippen LogP) is 2.00. The minimum absolute atomic E-state index is 0.141. The third kappa shape index (κ3) is 4.44. The van der Waals surface area contributed by atoms with Crippen molar-refractivity contribution in [2.45, 2.75) is 31.7 Å². The van der Waals surface area contributed by atoms with Crippen LogP contribution < -0.4 is 4.74 Å². The molecule has 5 heteroatoms. The summed E-state index contributed by atoms with van der Waals surface area (Å²) in [4.78, 5) is 13.4. The Hall–Kier alpha value is -1.59. The number of aliphatic hydroxyl groups excluding tert-OH is 1. The molecule has 0 saturated heterocycles. The van der Waals surface area contributed by atoms with Crippen molar-refractivity contribution in [1.82, 2.24) is 4.90 Å². The molecule has 0 amide bonds. The molecule has 21 heavy (non-hydrogen) atoms. The molecule has 1 saturated carbocycles. The average Bonchev–Trinajstić information content (AvgIpc) is 3.01.